The van der Waals surface area contributed by atoms with Gasteiger partial charge in [-0.05, 0) is 12.1 Å². The molecule has 2 rings (SSSR count). The molecule has 0 aliphatic carbocycles. The summed E-state index contributed by atoms with van der Waals surface area (Å²) in [4.78, 5) is 3.96. The van der Waals surface area contributed by atoms with E-state index in [-0.39, 0.29) is 5.56 Å². The van der Waals surface area contributed by atoms with Gasteiger partial charge in [0.25, 0.3) is 0 Å². The standard InChI is InChI=1S/C10H7ClFN3S/c11-8-2-1-3-9(12)7(8)6-14-15-10-13-4-5-16-10/h1-6H,(H,13,15)/b14-6+. The van der Waals surface area contributed by atoms with E-state index in [4.69, 9.17) is 11.6 Å². The van der Waals surface area contributed by atoms with Crippen molar-refractivity contribution in [3.8, 4) is 0 Å². The largest absolute Gasteiger partial charge is 0.253 e. The Balaban J connectivity index is 2.12. The van der Waals surface area contributed by atoms with Crippen LogP contribution in [0.15, 0.2) is 34.9 Å². The number of hydrazone groups is 1. The van der Waals surface area contributed by atoms with Crippen LogP contribution >= 0.6 is 22.9 Å². The number of thiazole rings is 1. The molecule has 0 aliphatic rings. The summed E-state index contributed by atoms with van der Waals surface area (Å²) in [6, 6.07) is 4.48. The summed E-state index contributed by atoms with van der Waals surface area (Å²) < 4.78 is 13.3. The Bertz CT molecular complexity index is 479. The summed E-state index contributed by atoms with van der Waals surface area (Å²) in [6.45, 7) is 0. The van der Waals surface area contributed by atoms with Crippen LogP contribution in [0.2, 0.25) is 5.02 Å². The van der Waals surface area contributed by atoms with Gasteiger partial charge in [0.15, 0.2) is 0 Å². The Labute approximate surface area is 101 Å². The van der Waals surface area contributed by atoms with Crippen LogP contribution in [-0.2, 0) is 0 Å². The van der Waals surface area contributed by atoms with Crippen molar-refractivity contribution < 1.29 is 4.39 Å². The summed E-state index contributed by atoms with van der Waals surface area (Å²) in [6.07, 6.45) is 2.98. The molecule has 0 atom stereocenters. The lowest BCUT2D eigenvalue weighted by Crippen LogP contribution is -1.93. The second-order valence-electron chi connectivity index (χ2n) is 2.84. The second-order valence-corrected chi connectivity index (χ2v) is 4.14. The van der Waals surface area contributed by atoms with Crippen molar-refractivity contribution >= 4 is 34.3 Å². The van der Waals surface area contributed by atoms with E-state index in [1.807, 2.05) is 5.38 Å². The lowest BCUT2D eigenvalue weighted by Gasteiger charge is -1.98. The maximum atomic E-state index is 13.3. The highest BCUT2D eigenvalue weighted by Crippen LogP contribution is 2.17. The molecule has 1 aromatic heterocycles. The molecule has 1 N–H and O–H groups in total. The van der Waals surface area contributed by atoms with Crippen molar-refractivity contribution in [3.05, 3.63) is 46.2 Å². The van der Waals surface area contributed by atoms with Crippen molar-refractivity contribution in [2.24, 2.45) is 5.10 Å². The molecule has 3 nitrogen and oxygen atoms in total. The molecule has 0 aliphatic heterocycles. The maximum absolute atomic E-state index is 13.3. The summed E-state index contributed by atoms with van der Waals surface area (Å²) >= 11 is 7.22. The molecule has 0 unspecified atom stereocenters. The number of hydrogen-bond donors (Lipinski definition) is 1. The van der Waals surface area contributed by atoms with Crippen LogP contribution in [0.1, 0.15) is 5.56 Å². The fraction of sp³-hybridized carbons (Fsp3) is 0. The topological polar surface area (TPSA) is 37.3 Å². The van der Waals surface area contributed by atoms with E-state index in [1.165, 1.54) is 23.6 Å². The molecule has 16 heavy (non-hydrogen) atoms. The zero-order valence-electron chi connectivity index (χ0n) is 8.02. The Kier molecular flexibility index (Phi) is 3.48. The Morgan fingerprint density at radius 1 is 1.50 bits per heavy atom. The maximum Gasteiger partial charge on any atom is 0.203 e. The predicted octanol–water partition coefficient (Wildman–Crippen LogP) is 3.38. The van der Waals surface area contributed by atoms with Crippen LogP contribution in [0.5, 0.6) is 0 Å². The molecule has 0 bridgehead atoms. The summed E-state index contributed by atoms with van der Waals surface area (Å²) in [5.41, 5.74) is 2.94. The van der Waals surface area contributed by atoms with Gasteiger partial charge in [-0.3, -0.25) is 5.43 Å². The smallest absolute Gasteiger partial charge is 0.203 e. The van der Waals surface area contributed by atoms with E-state index < -0.39 is 5.82 Å². The summed E-state index contributed by atoms with van der Waals surface area (Å²) in [7, 11) is 0. The summed E-state index contributed by atoms with van der Waals surface area (Å²) in [5.74, 6) is -0.405. The van der Waals surface area contributed by atoms with Gasteiger partial charge in [-0.1, -0.05) is 17.7 Å². The van der Waals surface area contributed by atoms with Gasteiger partial charge >= 0.3 is 0 Å². The van der Waals surface area contributed by atoms with Gasteiger partial charge in [0.05, 0.1) is 11.2 Å². The molecule has 0 radical (unpaired) electrons. The van der Waals surface area contributed by atoms with Crippen molar-refractivity contribution in [1.82, 2.24) is 4.98 Å². The summed E-state index contributed by atoms with van der Waals surface area (Å²) in [5, 5.41) is 6.63. The van der Waals surface area contributed by atoms with Gasteiger partial charge in [0.1, 0.15) is 5.82 Å². The molecule has 0 saturated carbocycles. The van der Waals surface area contributed by atoms with Crippen LogP contribution in [0.3, 0.4) is 0 Å². The quantitative estimate of drug-likeness (QED) is 0.674. The number of hydrogen-bond acceptors (Lipinski definition) is 4. The average Bonchev–Trinajstić information content (AvgIpc) is 2.75. The average molecular weight is 256 g/mol. The van der Waals surface area contributed by atoms with Gasteiger partial charge in [-0.25, -0.2) is 9.37 Å². The van der Waals surface area contributed by atoms with E-state index in [9.17, 15) is 4.39 Å². The number of nitrogens with one attached hydrogen (secondary N) is 1. The Morgan fingerprint density at radius 2 is 2.38 bits per heavy atom. The molecule has 0 fully saturated rings. The van der Waals surface area contributed by atoms with Crippen LogP contribution in [0.25, 0.3) is 0 Å². The molecule has 0 amide bonds. The molecule has 2 aromatic rings. The Morgan fingerprint density at radius 3 is 3.06 bits per heavy atom. The molecular formula is C10H7ClFN3S. The van der Waals surface area contributed by atoms with Crippen molar-refractivity contribution in [3.63, 3.8) is 0 Å². The van der Waals surface area contributed by atoms with Crippen molar-refractivity contribution in [1.29, 1.82) is 0 Å². The van der Waals surface area contributed by atoms with Crippen molar-refractivity contribution in [2.45, 2.75) is 0 Å². The predicted molar refractivity (Wildman–Crippen MR) is 64.7 cm³/mol. The number of halogens is 2. The minimum atomic E-state index is -0.405. The third-order valence-electron chi connectivity index (χ3n) is 1.79. The van der Waals surface area contributed by atoms with E-state index in [2.05, 4.69) is 15.5 Å². The number of nitrogens with zero attached hydrogens (tertiary/aromatic N) is 2. The third-order valence-corrected chi connectivity index (χ3v) is 2.79. The van der Waals surface area contributed by atoms with E-state index in [1.54, 1.807) is 18.3 Å². The first-order valence-corrected chi connectivity index (χ1v) is 5.66. The minimum Gasteiger partial charge on any atom is -0.253 e. The van der Waals surface area contributed by atoms with E-state index in [0.717, 1.165) is 0 Å². The first kappa shape index (κ1) is 11.0. The minimum absolute atomic E-state index is 0.258. The number of benzene rings is 1. The number of aromatic nitrogens is 1. The normalized spacial score (nSPS) is 10.9. The zero-order valence-corrected chi connectivity index (χ0v) is 9.60. The highest BCUT2D eigenvalue weighted by molar-refractivity contribution is 7.13. The van der Waals surface area contributed by atoms with E-state index >= 15 is 0 Å². The van der Waals surface area contributed by atoms with Gasteiger partial charge in [0, 0.05) is 17.1 Å². The highest BCUT2D eigenvalue weighted by Gasteiger charge is 2.03. The first-order valence-electron chi connectivity index (χ1n) is 4.40. The lowest BCUT2D eigenvalue weighted by molar-refractivity contribution is 0.626. The van der Waals surface area contributed by atoms with Gasteiger partial charge in [-0.2, -0.15) is 5.10 Å². The monoisotopic (exact) mass is 255 g/mol. The van der Waals surface area contributed by atoms with E-state index in [0.29, 0.717) is 10.2 Å². The molecular weight excluding hydrogens is 249 g/mol. The fourth-order valence-corrected chi connectivity index (χ4v) is 1.75. The molecule has 6 heteroatoms. The highest BCUT2D eigenvalue weighted by atomic mass is 35.5. The van der Waals surface area contributed by atoms with Crippen LogP contribution in [-0.4, -0.2) is 11.2 Å². The molecule has 1 heterocycles. The number of rotatable bonds is 3. The first-order chi connectivity index (χ1) is 7.77. The molecule has 82 valence electrons. The fourth-order valence-electron chi connectivity index (χ4n) is 1.06. The van der Waals surface area contributed by atoms with Gasteiger partial charge in [0.2, 0.25) is 5.13 Å². The molecule has 0 spiro atoms. The Hall–Kier alpha value is -1.46. The molecule has 0 saturated heterocycles. The van der Waals surface area contributed by atoms with Gasteiger partial charge in [-0.15, -0.1) is 11.3 Å². The van der Waals surface area contributed by atoms with Crippen LogP contribution in [0, 0.1) is 5.82 Å². The van der Waals surface area contributed by atoms with Crippen LogP contribution < -0.4 is 5.43 Å². The zero-order chi connectivity index (χ0) is 11.4. The third kappa shape index (κ3) is 2.56. The van der Waals surface area contributed by atoms with Gasteiger partial charge < -0.3 is 0 Å². The SMILES string of the molecule is Fc1cccc(Cl)c1/C=N/Nc1nccs1. The second kappa shape index (κ2) is 5.05. The lowest BCUT2D eigenvalue weighted by atomic mass is 10.2. The molecule has 1 aromatic carbocycles. The number of anilines is 1. The van der Waals surface area contributed by atoms with Crippen LogP contribution in [0.4, 0.5) is 9.52 Å². The van der Waals surface area contributed by atoms with Crippen molar-refractivity contribution in [2.75, 3.05) is 5.43 Å².